The van der Waals surface area contributed by atoms with E-state index in [2.05, 4.69) is 88.4 Å². The second-order valence-electron chi connectivity index (χ2n) is 7.53. The molecule has 0 N–H and O–H groups in total. The van der Waals surface area contributed by atoms with Crippen LogP contribution in [0, 0.1) is 6.92 Å². The predicted molar refractivity (Wildman–Crippen MR) is 107 cm³/mol. The molecule has 0 nitrogen and oxygen atoms in total. The van der Waals surface area contributed by atoms with Crippen LogP contribution in [0.15, 0.2) is 60.7 Å². The van der Waals surface area contributed by atoms with E-state index in [1.165, 1.54) is 27.5 Å². The van der Waals surface area contributed by atoms with Gasteiger partial charge in [0.2, 0.25) is 0 Å². The minimum atomic E-state index is -0.366. The molecule has 0 aliphatic carbocycles. The summed E-state index contributed by atoms with van der Waals surface area (Å²) in [7, 11) is 0. The molecule has 4 rings (SSSR count). The molecule has 0 amide bonds. The van der Waals surface area contributed by atoms with Gasteiger partial charge in [-0.15, -0.1) is 0 Å². The van der Waals surface area contributed by atoms with Gasteiger partial charge < -0.3 is 0 Å². The zero-order chi connectivity index (χ0) is 16.9. The van der Waals surface area contributed by atoms with Crippen molar-refractivity contribution < 1.29 is 0 Å². The van der Waals surface area contributed by atoms with Crippen LogP contribution >= 0.6 is 0 Å². The maximum absolute atomic E-state index is 2.35. The van der Waals surface area contributed by atoms with Gasteiger partial charge in [0.25, 0.3) is 0 Å². The van der Waals surface area contributed by atoms with E-state index in [1.807, 2.05) is 0 Å². The summed E-state index contributed by atoms with van der Waals surface area (Å²) in [6, 6.07) is 22.4. The van der Waals surface area contributed by atoms with Crippen molar-refractivity contribution in [3.05, 3.63) is 71.8 Å². The van der Waals surface area contributed by atoms with E-state index >= 15 is 0 Å². The molecule has 0 atom stereocenters. The van der Waals surface area contributed by atoms with E-state index in [1.54, 1.807) is 12.4 Å². The van der Waals surface area contributed by atoms with E-state index in [0.717, 1.165) is 0 Å². The normalized spacial score (nSPS) is 12.2. The van der Waals surface area contributed by atoms with Crippen molar-refractivity contribution in [2.45, 2.75) is 33.1 Å². The molecule has 0 spiro atoms. The number of benzene rings is 3. The molecule has 1 aromatic heterocycles. The van der Waals surface area contributed by atoms with Crippen molar-refractivity contribution in [1.29, 1.82) is 0 Å². The van der Waals surface area contributed by atoms with Crippen molar-refractivity contribution in [2.75, 3.05) is 0 Å². The van der Waals surface area contributed by atoms with Crippen LogP contribution in [0.25, 0.3) is 28.7 Å². The van der Waals surface area contributed by atoms with E-state index in [0.29, 0.717) is 0 Å². The van der Waals surface area contributed by atoms with Crippen LogP contribution in [0.2, 0.25) is 0 Å². The first-order chi connectivity index (χ1) is 11.5. The van der Waals surface area contributed by atoms with Crippen molar-refractivity contribution in [3.63, 3.8) is 0 Å². The molecule has 0 fully saturated rings. The number of hydrogen-bond acceptors (Lipinski definition) is 0. The third-order valence-corrected chi connectivity index (χ3v) is 8.34. The van der Waals surface area contributed by atoms with Gasteiger partial charge >= 0.3 is 154 Å². The first kappa shape index (κ1) is 15.9. The zero-order valence-corrected chi connectivity index (χ0v) is 17.0. The van der Waals surface area contributed by atoms with Gasteiger partial charge in [0.1, 0.15) is 0 Å². The van der Waals surface area contributed by atoms with Crippen molar-refractivity contribution in [3.8, 4) is 11.1 Å². The fourth-order valence-electron chi connectivity index (χ4n) is 3.74. The molecule has 0 bridgehead atoms. The fourth-order valence-corrected chi connectivity index (χ4v) is 8.43. The molecule has 0 saturated carbocycles. The van der Waals surface area contributed by atoms with Crippen LogP contribution in [0.4, 0.5) is 0 Å². The van der Waals surface area contributed by atoms with Crippen LogP contribution in [0.3, 0.4) is 0 Å². The molecule has 3 aromatic carbocycles. The monoisotopic (exact) mass is 428 g/mol. The van der Waals surface area contributed by atoms with Crippen LogP contribution in [-0.4, -0.2) is 20.4 Å². The first-order valence-electron chi connectivity index (χ1n) is 8.47. The van der Waals surface area contributed by atoms with Crippen LogP contribution in [-0.2, 0) is 5.41 Å². The fraction of sp³-hybridized carbons (Fsp3) is 0.217. The van der Waals surface area contributed by atoms with Gasteiger partial charge in [0.15, 0.2) is 0 Å². The average Bonchev–Trinajstić information content (AvgIpc) is 2.92. The minimum absolute atomic E-state index is 0.204. The van der Waals surface area contributed by atoms with E-state index < -0.39 is 0 Å². The summed E-state index contributed by atoms with van der Waals surface area (Å²) in [5.74, 6) is 0. The second-order valence-corrected chi connectivity index (χ2v) is 10.4. The quantitative estimate of drug-likeness (QED) is 0.313. The van der Waals surface area contributed by atoms with Gasteiger partial charge in [-0.2, -0.15) is 0 Å². The topological polar surface area (TPSA) is 0 Å². The van der Waals surface area contributed by atoms with Crippen molar-refractivity contribution in [2.24, 2.45) is 0 Å². The van der Waals surface area contributed by atoms with Gasteiger partial charge in [-0.1, -0.05) is 0 Å². The van der Waals surface area contributed by atoms with Gasteiger partial charge in [-0.05, 0) is 0 Å². The third-order valence-electron chi connectivity index (χ3n) is 4.71. The first-order valence-corrected chi connectivity index (χ1v) is 10.8. The van der Waals surface area contributed by atoms with Gasteiger partial charge in [-0.25, -0.2) is 0 Å². The summed E-state index contributed by atoms with van der Waals surface area (Å²) in [5, 5.41) is 2.96. The summed E-state index contributed by atoms with van der Waals surface area (Å²) in [6.07, 6.45) is 0. The molecular formula is C23H22Te. The molecular weight excluding hydrogens is 404 g/mol. The Balaban J connectivity index is 2.13. The van der Waals surface area contributed by atoms with Crippen LogP contribution in [0.1, 0.15) is 31.9 Å². The zero-order valence-electron chi connectivity index (χ0n) is 14.7. The van der Waals surface area contributed by atoms with Gasteiger partial charge in [0, 0.05) is 0 Å². The number of fused-ring (bicyclic) bond motifs is 3. The Morgan fingerprint density at radius 1 is 0.708 bits per heavy atom. The summed E-state index contributed by atoms with van der Waals surface area (Å²) >= 11 is -0.366. The maximum atomic E-state index is 2.35. The summed E-state index contributed by atoms with van der Waals surface area (Å²) < 4.78 is 3.27. The Morgan fingerprint density at radius 2 is 1.42 bits per heavy atom. The van der Waals surface area contributed by atoms with Crippen molar-refractivity contribution in [1.82, 2.24) is 0 Å². The Bertz CT molecular complexity index is 1030. The van der Waals surface area contributed by atoms with Gasteiger partial charge in [-0.3, -0.25) is 0 Å². The van der Waals surface area contributed by atoms with Gasteiger partial charge in [0.05, 0.1) is 0 Å². The van der Waals surface area contributed by atoms with Crippen molar-refractivity contribution >= 4 is 38.0 Å². The molecule has 0 aliphatic rings. The Hall–Kier alpha value is -1.55. The Labute approximate surface area is 153 Å². The van der Waals surface area contributed by atoms with E-state index in [9.17, 15) is 0 Å². The summed E-state index contributed by atoms with van der Waals surface area (Å²) in [5.41, 5.74) is 6.01. The van der Waals surface area contributed by atoms with E-state index in [-0.39, 0.29) is 25.8 Å². The molecule has 24 heavy (non-hydrogen) atoms. The summed E-state index contributed by atoms with van der Waals surface area (Å²) in [4.78, 5) is 0. The second kappa shape index (κ2) is 5.76. The molecule has 0 saturated heterocycles. The molecule has 1 heterocycles. The third kappa shape index (κ3) is 2.52. The molecule has 1 heteroatoms. The standard InChI is InChI=1S/C23H22Te/c1-15-13-14-19-18-12-8-11-17(16-9-6-5-7-10-16)21(18)24-22(19)20(15)23(2,3)4/h5-14H,1-4H3. The summed E-state index contributed by atoms with van der Waals surface area (Å²) in [6.45, 7) is 9.33. The molecule has 0 unspecified atom stereocenters. The number of hydrogen-bond donors (Lipinski definition) is 0. The molecule has 4 aromatic rings. The molecule has 0 radical (unpaired) electrons. The Kier molecular flexibility index (Phi) is 3.83. The Morgan fingerprint density at radius 3 is 2.12 bits per heavy atom. The number of rotatable bonds is 1. The average molecular weight is 426 g/mol. The molecule has 0 aliphatic heterocycles. The SMILES string of the molecule is Cc1ccc2c([te]c3c(-c4ccccc4)cccc32)c1C(C)(C)C. The van der Waals surface area contributed by atoms with Crippen LogP contribution < -0.4 is 0 Å². The molecule has 120 valence electrons. The number of aryl methyl sites for hydroxylation is 1. The van der Waals surface area contributed by atoms with Crippen LogP contribution in [0.5, 0.6) is 0 Å². The van der Waals surface area contributed by atoms with E-state index in [4.69, 9.17) is 0 Å². The predicted octanol–water partition coefficient (Wildman–Crippen LogP) is 6.32.